The minimum absolute atomic E-state index is 0.0462. The van der Waals surface area contributed by atoms with Crippen molar-refractivity contribution in [2.75, 3.05) is 20.3 Å². The van der Waals surface area contributed by atoms with Crippen LogP contribution in [0.25, 0.3) is 4.85 Å². The fourth-order valence-corrected chi connectivity index (χ4v) is 5.41. The standard InChI is InChI=1S/C31H29FN2O4/c1-34-31(25-6-4-7-26(32)20-25,29-8-3-5-23(29)19-30(35)36-2)24-11-15-28(16-12-24)38-18-17-37-27-13-9-22(21-33)10-14-27/h4,6-7,9-16,20,23,29H,3,5,8,17-19H2,2H3/t23-,29+,31?/m1/s1. The van der Waals surface area contributed by atoms with E-state index in [0.717, 1.165) is 24.8 Å². The quantitative estimate of drug-likeness (QED) is 0.181. The number of hydrogen-bond acceptors (Lipinski definition) is 5. The van der Waals surface area contributed by atoms with Crippen molar-refractivity contribution in [3.8, 4) is 17.6 Å². The summed E-state index contributed by atoms with van der Waals surface area (Å²) in [5.74, 6) is 0.349. The summed E-state index contributed by atoms with van der Waals surface area (Å²) in [6, 6.07) is 22.5. The lowest BCUT2D eigenvalue weighted by atomic mass is 9.68. The maximum absolute atomic E-state index is 14.4. The summed E-state index contributed by atoms with van der Waals surface area (Å²) < 4.78 is 30.8. The molecule has 1 aliphatic rings. The average molecular weight is 513 g/mol. The molecule has 6 nitrogen and oxygen atoms in total. The Hall–Kier alpha value is -4.36. The van der Waals surface area contributed by atoms with Gasteiger partial charge in [0.25, 0.3) is 5.54 Å². The van der Waals surface area contributed by atoms with Gasteiger partial charge in [-0.1, -0.05) is 18.6 Å². The Kier molecular flexibility index (Phi) is 8.61. The Balaban J connectivity index is 1.53. The SMILES string of the molecule is [C-]#[N+]C(c1ccc(OCCOc2ccc(C#N)cc2)cc1)(c1cccc(F)c1)[C@H]1CCC[C@@H]1CC(=O)OC. The normalized spacial score (nSPS) is 18.0. The summed E-state index contributed by atoms with van der Waals surface area (Å²) in [6.45, 7) is 8.98. The van der Waals surface area contributed by atoms with Crippen molar-refractivity contribution in [3.63, 3.8) is 0 Å². The maximum Gasteiger partial charge on any atom is 0.305 e. The summed E-state index contributed by atoms with van der Waals surface area (Å²) in [4.78, 5) is 16.3. The van der Waals surface area contributed by atoms with Crippen molar-refractivity contribution >= 4 is 5.97 Å². The van der Waals surface area contributed by atoms with E-state index in [1.165, 1.54) is 19.2 Å². The summed E-state index contributed by atoms with van der Waals surface area (Å²) in [5, 5.41) is 8.89. The zero-order valence-electron chi connectivity index (χ0n) is 21.2. The fourth-order valence-electron chi connectivity index (χ4n) is 5.41. The molecule has 0 saturated heterocycles. The molecule has 38 heavy (non-hydrogen) atoms. The molecule has 1 fully saturated rings. The average Bonchev–Trinajstić information content (AvgIpc) is 3.41. The smallest absolute Gasteiger partial charge is 0.305 e. The predicted octanol–water partition coefficient (Wildman–Crippen LogP) is 6.30. The van der Waals surface area contributed by atoms with Gasteiger partial charge in [0.05, 0.1) is 18.7 Å². The third-order valence-corrected chi connectivity index (χ3v) is 7.19. The van der Waals surface area contributed by atoms with Crippen molar-refractivity contribution in [3.05, 3.63) is 107 Å². The van der Waals surface area contributed by atoms with Crippen LogP contribution in [0.3, 0.4) is 0 Å². The molecule has 194 valence electrons. The second-order valence-electron chi connectivity index (χ2n) is 9.32. The van der Waals surface area contributed by atoms with Gasteiger partial charge in [-0.15, -0.1) is 0 Å². The molecule has 3 aromatic carbocycles. The van der Waals surface area contributed by atoms with Gasteiger partial charge in [0.1, 0.15) is 30.5 Å². The van der Waals surface area contributed by atoms with Crippen LogP contribution >= 0.6 is 0 Å². The Morgan fingerprint density at radius 1 is 1.03 bits per heavy atom. The first-order valence-corrected chi connectivity index (χ1v) is 12.6. The van der Waals surface area contributed by atoms with Crippen LogP contribution in [-0.4, -0.2) is 26.3 Å². The summed E-state index contributed by atoms with van der Waals surface area (Å²) >= 11 is 0. The molecule has 0 aliphatic heterocycles. The Labute approximate surface area is 222 Å². The summed E-state index contributed by atoms with van der Waals surface area (Å²) in [7, 11) is 1.37. The van der Waals surface area contributed by atoms with Crippen LogP contribution in [0.5, 0.6) is 11.5 Å². The minimum Gasteiger partial charge on any atom is -0.490 e. The first-order valence-electron chi connectivity index (χ1n) is 12.6. The van der Waals surface area contributed by atoms with E-state index in [1.807, 2.05) is 12.1 Å². The van der Waals surface area contributed by atoms with Crippen LogP contribution in [-0.2, 0) is 15.1 Å². The van der Waals surface area contributed by atoms with Crippen molar-refractivity contribution in [2.24, 2.45) is 11.8 Å². The van der Waals surface area contributed by atoms with E-state index < -0.39 is 11.4 Å². The molecular formula is C31H29FN2O4. The van der Waals surface area contributed by atoms with Crippen molar-refractivity contribution in [2.45, 2.75) is 31.2 Å². The Morgan fingerprint density at radius 3 is 2.26 bits per heavy atom. The molecule has 3 aromatic rings. The number of nitrogens with zero attached hydrogens (tertiary/aromatic N) is 2. The lowest BCUT2D eigenvalue weighted by Crippen LogP contribution is -2.36. The number of methoxy groups -OCH3 is 1. The van der Waals surface area contributed by atoms with Gasteiger partial charge in [-0.2, -0.15) is 5.26 Å². The van der Waals surface area contributed by atoms with Crippen LogP contribution in [0.15, 0.2) is 72.8 Å². The number of rotatable bonds is 10. The molecule has 0 radical (unpaired) electrons. The van der Waals surface area contributed by atoms with Gasteiger partial charge in [-0.25, -0.2) is 11.0 Å². The van der Waals surface area contributed by atoms with Gasteiger partial charge >= 0.3 is 5.97 Å². The highest BCUT2D eigenvalue weighted by Gasteiger charge is 2.54. The lowest BCUT2D eigenvalue weighted by Gasteiger charge is -2.32. The largest absolute Gasteiger partial charge is 0.490 e. The maximum atomic E-state index is 14.4. The molecule has 1 aliphatic carbocycles. The molecule has 1 unspecified atom stereocenters. The van der Waals surface area contributed by atoms with Crippen LogP contribution < -0.4 is 9.47 Å². The molecule has 0 amide bonds. The molecule has 0 aromatic heterocycles. The number of hydrogen-bond donors (Lipinski definition) is 0. The second-order valence-corrected chi connectivity index (χ2v) is 9.32. The monoisotopic (exact) mass is 512 g/mol. The van der Waals surface area contributed by atoms with E-state index in [9.17, 15) is 9.18 Å². The summed E-state index contributed by atoms with van der Waals surface area (Å²) in [5.41, 5.74) is 0.741. The van der Waals surface area contributed by atoms with Gasteiger partial charge < -0.3 is 14.2 Å². The topological polar surface area (TPSA) is 72.9 Å². The van der Waals surface area contributed by atoms with E-state index in [4.69, 9.17) is 26.0 Å². The third kappa shape index (κ3) is 5.79. The van der Waals surface area contributed by atoms with E-state index in [1.54, 1.807) is 48.5 Å². The molecule has 0 heterocycles. The number of carbonyl (C=O) groups excluding carboxylic acids is 1. The first-order chi connectivity index (χ1) is 18.5. The Bertz CT molecular complexity index is 1330. The van der Waals surface area contributed by atoms with Gasteiger partial charge in [0, 0.05) is 23.5 Å². The number of carbonyl (C=O) groups is 1. The molecule has 1 saturated carbocycles. The highest BCUT2D eigenvalue weighted by molar-refractivity contribution is 5.69. The third-order valence-electron chi connectivity index (χ3n) is 7.19. The van der Waals surface area contributed by atoms with Crippen LogP contribution in [0.2, 0.25) is 0 Å². The van der Waals surface area contributed by atoms with Gasteiger partial charge in [-0.05, 0) is 79.4 Å². The first kappa shape index (κ1) is 26.7. The van der Waals surface area contributed by atoms with E-state index >= 15 is 0 Å². The molecule has 3 atom stereocenters. The zero-order valence-corrected chi connectivity index (χ0v) is 21.2. The second kappa shape index (κ2) is 12.3. The lowest BCUT2D eigenvalue weighted by molar-refractivity contribution is -0.142. The molecule has 7 heteroatoms. The van der Waals surface area contributed by atoms with Gasteiger partial charge in [0.2, 0.25) is 0 Å². The van der Waals surface area contributed by atoms with Crippen molar-refractivity contribution < 1.29 is 23.4 Å². The van der Waals surface area contributed by atoms with E-state index in [2.05, 4.69) is 10.9 Å². The van der Waals surface area contributed by atoms with Gasteiger partial charge in [0.15, 0.2) is 0 Å². The number of halogens is 1. The molecule has 0 bridgehead atoms. The van der Waals surface area contributed by atoms with Crippen LogP contribution in [0.4, 0.5) is 4.39 Å². The molecular weight excluding hydrogens is 483 g/mol. The number of ether oxygens (including phenoxy) is 3. The van der Waals surface area contributed by atoms with E-state index in [-0.39, 0.29) is 24.2 Å². The number of benzene rings is 3. The zero-order chi connectivity index (χ0) is 27.0. The van der Waals surface area contributed by atoms with Crippen molar-refractivity contribution in [1.29, 1.82) is 5.26 Å². The number of nitriles is 1. The van der Waals surface area contributed by atoms with Crippen LogP contribution in [0.1, 0.15) is 42.4 Å². The fraction of sp³-hybridized carbons (Fsp3) is 0.323. The minimum atomic E-state index is -1.14. The number of esters is 1. The molecule has 4 rings (SSSR count). The highest BCUT2D eigenvalue weighted by Crippen LogP contribution is 2.52. The van der Waals surface area contributed by atoms with Gasteiger partial charge in [-0.3, -0.25) is 9.64 Å². The predicted molar refractivity (Wildman–Crippen MR) is 140 cm³/mol. The molecule has 0 N–H and O–H groups in total. The van der Waals surface area contributed by atoms with Crippen molar-refractivity contribution in [1.82, 2.24) is 0 Å². The molecule has 0 spiro atoms. The highest BCUT2D eigenvalue weighted by atomic mass is 19.1. The van der Waals surface area contributed by atoms with Crippen LogP contribution in [0, 0.1) is 35.6 Å². The summed E-state index contributed by atoms with van der Waals surface area (Å²) in [6.07, 6.45) is 2.69. The van der Waals surface area contributed by atoms with E-state index in [0.29, 0.717) is 35.8 Å². The Morgan fingerprint density at radius 2 is 1.68 bits per heavy atom.